The standard InChI is InChI=1S/C10H9BrF6N2O.C7H9N/c1-8(18,6-4(12)2-3-5(11)19-6)9(13,14)7(20)10(15,16)17;8-6-7-4-2-1-3-5-7/h2-3,7,20H,18H2,1H3;1-5H,6,8H2/t7-,8-;/m1./s1. The molecular weight excluding hydrogens is 456 g/mol. The van der Waals surface area contributed by atoms with E-state index in [0.29, 0.717) is 19.5 Å². The number of aromatic nitrogens is 1. The van der Waals surface area contributed by atoms with E-state index < -0.39 is 35.3 Å². The van der Waals surface area contributed by atoms with Crippen molar-refractivity contribution >= 4 is 15.9 Å². The molecule has 1 aromatic carbocycles. The van der Waals surface area contributed by atoms with Crippen LogP contribution in [0.1, 0.15) is 18.2 Å². The first-order valence-corrected chi connectivity index (χ1v) is 8.52. The Bertz CT molecular complexity index is 771. The Hall–Kier alpha value is -1.69. The van der Waals surface area contributed by atoms with Gasteiger partial charge in [-0.05, 0) is 40.5 Å². The van der Waals surface area contributed by atoms with Crippen LogP contribution in [0.5, 0.6) is 0 Å². The van der Waals surface area contributed by atoms with Crippen molar-refractivity contribution in [1.82, 2.24) is 4.98 Å². The van der Waals surface area contributed by atoms with Crippen LogP contribution in [0.2, 0.25) is 0 Å². The fourth-order valence-corrected chi connectivity index (χ4v) is 2.35. The Morgan fingerprint density at radius 2 is 1.61 bits per heavy atom. The molecule has 2 aromatic rings. The summed E-state index contributed by atoms with van der Waals surface area (Å²) >= 11 is 2.77. The van der Waals surface area contributed by atoms with Crippen LogP contribution in [0.25, 0.3) is 0 Å². The van der Waals surface area contributed by atoms with Crippen LogP contribution in [-0.4, -0.2) is 28.3 Å². The van der Waals surface area contributed by atoms with Crippen molar-refractivity contribution in [2.75, 3.05) is 0 Å². The van der Waals surface area contributed by atoms with Gasteiger partial charge in [-0.2, -0.15) is 13.2 Å². The summed E-state index contributed by atoms with van der Waals surface area (Å²) in [6.07, 6.45) is -9.67. The Morgan fingerprint density at radius 1 is 1.07 bits per heavy atom. The number of aliphatic hydroxyl groups is 1. The minimum Gasteiger partial charge on any atom is -0.379 e. The number of pyridine rings is 1. The highest BCUT2D eigenvalue weighted by Crippen LogP contribution is 2.43. The van der Waals surface area contributed by atoms with Crippen LogP contribution < -0.4 is 11.5 Å². The summed E-state index contributed by atoms with van der Waals surface area (Å²) in [5, 5.41) is 8.75. The number of aliphatic hydroxyl groups excluding tert-OH is 1. The van der Waals surface area contributed by atoms with E-state index in [1.807, 2.05) is 30.3 Å². The van der Waals surface area contributed by atoms with Crippen LogP contribution in [0.4, 0.5) is 26.3 Å². The second-order valence-electron chi connectivity index (χ2n) is 5.92. The van der Waals surface area contributed by atoms with Gasteiger partial charge in [0.25, 0.3) is 0 Å². The first-order valence-electron chi connectivity index (χ1n) is 7.73. The number of nitrogens with two attached hydrogens (primary N) is 2. The van der Waals surface area contributed by atoms with Gasteiger partial charge in [-0.25, -0.2) is 18.2 Å². The maximum Gasteiger partial charge on any atom is 0.420 e. The predicted molar refractivity (Wildman–Crippen MR) is 94.8 cm³/mol. The summed E-state index contributed by atoms with van der Waals surface area (Å²) in [6.45, 7) is 1.10. The molecule has 1 heterocycles. The molecule has 4 nitrogen and oxygen atoms in total. The van der Waals surface area contributed by atoms with Crippen molar-refractivity contribution in [2.24, 2.45) is 11.5 Å². The monoisotopic (exact) mass is 473 g/mol. The van der Waals surface area contributed by atoms with E-state index in [4.69, 9.17) is 16.6 Å². The van der Waals surface area contributed by atoms with Gasteiger partial charge in [0.2, 0.25) is 6.10 Å². The van der Waals surface area contributed by atoms with Gasteiger partial charge in [0.05, 0.1) is 0 Å². The molecule has 156 valence electrons. The molecule has 0 saturated heterocycles. The summed E-state index contributed by atoms with van der Waals surface area (Å²) in [4.78, 5) is 3.33. The number of halogens is 7. The lowest BCUT2D eigenvalue weighted by molar-refractivity contribution is -0.286. The Labute approximate surface area is 165 Å². The smallest absolute Gasteiger partial charge is 0.379 e. The summed E-state index contributed by atoms with van der Waals surface area (Å²) in [5.74, 6) is -6.20. The van der Waals surface area contributed by atoms with E-state index in [1.165, 1.54) is 5.56 Å². The lowest BCUT2D eigenvalue weighted by atomic mass is 9.86. The zero-order valence-electron chi connectivity index (χ0n) is 14.5. The first kappa shape index (κ1) is 24.3. The van der Waals surface area contributed by atoms with Crippen LogP contribution >= 0.6 is 15.9 Å². The third kappa shape index (κ3) is 5.66. The molecule has 0 aliphatic carbocycles. The summed E-state index contributed by atoms with van der Waals surface area (Å²) in [7, 11) is 0. The van der Waals surface area contributed by atoms with E-state index >= 15 is 0 Å². The van der Waals surface area contributed by atoms with Crippen LogP contribution in [0, 0.1) is 5.82 Å². The Balaban J connectivity index is 0.000000406. The van der Waals surface area contributed by atoms with Crippen LogP contribution in [0.15, 0.2) is 47.1 Å². The summed E-state index contributed by atoms with van der Waals surface area (Å²) < 4.78 is 77.7. The molecule has 0 spiro atoms. The predicted octanol–water partition coefficient (Wildman–Crippen LogP) is 3.86. The molecule has 0 aliphatic rings. The minimum absolute atomic E-state index is 0.0946. The number of hydrogen-bond acceptors (Lipinski definition) is 4. The molecule has 5 N–H and O–H groups in total. The average molecular weight is 474 g/mol. The molecule has 1 aromatic heterocycles. The second-order valence-corrected chi connectivity index (χ2v) is 6.74. The van der Waals surface area contributed by atoms with Gasteiger partial charge in [0, 0.05) is 6.54 Å². The zero-order valence-corrected chi connectivity index (χ0v) is 16.1. The fourth-order valence-electron chi connectivity index (χ4n) is 2.04. The molecule has 0 bridgehead atoms. The Morgan fingerprint density at radius 3 is 2.04 bits per heavy atom. The lowest BCUT2D eigenvalue weighted by Crippen LogP contribution is -2.61. The highest BCUT2D eigenvalue weighted by Gasteiger charge is 2.64. The minimum atomic E-state index is -5.62. The fraction of sp³-hybridized carbons (Fsp3) is 0.353. The SMILES string of the molecule is C[C@@](N)(c1nc(Br)ccc1F)C(F)(F)[C@@H](O)C(F)(F)F.NCc1ccccc1. The van der Waals surface area contributed by atoms with Crippen molar-refractivity contribution in [1.29, 1.82) is 0 Å². The number of nitrogens with zero attached hydrogens (tertiary/aromatic N) is 1. The van der Waals surface area contributed by atoms with Crippen molar-refractivity contribution in [3.63, 3.8) is 0 Å². The van der Waals surface area contributed by atoms with E-state index in [9.17, 15) is 26.3 Å². The summed E-state index contributed by atoms with van der Waals surface area (Å²) in [5.41, 5.74) is 7.42. The zero-order chi connectivity index (χ0) is 21.8. The third-order valence-electron chi connectivity index (χ3n) is 3.73. The molecule has 0 amide bonds. The normalized spacial score (nSPS) is 15.2. The van der Waals surface area contributed by atoms with E-state index in [2.05, 4.69) is 20.9 Å². The van der Waals surface area contributed by atoms with Crippen molar-refractivity contribution in [3.05, 3.63) is 64.1 Å². The molecule has 11 heteroatoms. The largest absolute Gasteiger partial charge is 0.420 e. The highest BCUT2D eigenvalue weighted by atomic mass is 79.9. The molecule has 0 radical (unpaired) electrons. The molecular formula is C17H18BrF6N3O. The van der Waals surface area contributed by atoms with Crippen molar-refractivity contribution in [2.45, 2.75) is 37.2 Å². The van der Waals surface area contributed by atoms with Crippen molar-refractivity contribution in [3.8, 4) is 0 Å². The quantitative estimate of drug-likeness (QED) is 0.464. The first-order chi connectivity index (χ1) is 12.7. The van der Waals surface area contributed by atoms with Gasteiger partial charge >= 0.3 is 12.1 Å². The number of benzene rings is 1. The molecule has 2 rings (SSSR count). The van der Waals surface area contributed by atoms with Crippen LogP contribution in [0.3, 0.4) is 0 Å². The van der Waals surface area contributed by atoms with E-state index in [-0.39, 0.29) is 4.60 Å². The van der Waals surface area contributed by atoms with Gasteiger partial charge < -0.3 is 16.6 Å². The van der Waals surface area contributed by atoms with E-state index in [1.54, 1.807) is 0 Å². The maximum atomic E-state index is 13.8. The highest BCUT2D eigenvalue weighted by molar-refractivity contribution is 9.10. The van der Waals surface area contributed by atoms with Crippen molar-refractivity contribution < 1.29 is 31.4 Å². The molecule has 28 heavy (non-hydrogen) atoms. The Kier molecular flexibility index (Phi) is 8.00. The number of hydrogen-bond donors (Lipinski definition) is 3. The molecule has 0 fully saturated rings. The van der Waals surface area contributed by atoms with E-state index in [0.717, 1.165) is 6.07 Å². The topological polar surface area (TPSA) is 85.2 Å². The molecule has 0 saturated carbocycles. The van der Waals surface area contributed by atoms with Gasteiger partial charge in [0.15, 0.2) is 0 Å². The van der Waals surface area contributed by atoms with Gasteiger partial charge in [-0.1, -0.05) is 30.3 Å². The molecule has 2 atom stereocenters. The third-order valence-corrected chi connectivity index (χ3v) is 4.17. The number of alkyl halides is 5. The maximum absolute atomic E-state index is 13.8. The van der Waals surface area contributed by atoms with Gasteiger partial charge in [-0.15, -0.1) is 0 Å². The number of rotatable bonds is 4. The lowest BCUT2D eigenvalue weighted by Gasteiger charge is -2.37. The average Bonchev–Trinajstić information content (AvgIpc) is 2.63. The second kappa shape index (κ2) is 9.21. The summed E-state index contributed by atoms with van der Waals surface area (Å²) in [6, 6.07) is 11.8. The molecule has 0 aliphatic heterocycles. The van der Waals surface area contributed by atoms with Gasteiger partial charge in [0.1, 0.15) is 21.7 Å². The van der Waals surface area contributed by atoms with Crippen LogP contribution in [-0.2, 0) is 12.1 Å². The van der Waals surface area contributed by atoms with Gasteiger partial charge in [-0.3, -0.25) is 0 Å². The molecule has 0 unspecified atom stereocenters.